The fourth-order valence-electron chi connectivity index (χ4n) is 1.87. The number of methoxy groups -OCH3 is 2. The van der Waals surface area contributed by atoms with E-state index in [4.69, 9.17) is 14.2 Å². The fraction of sp³-hybridized carbons (Fsp3) is 0.500. The maximum atomic E-state index is 5.44. The Bertz CT molecular complexity index is 348. The Morgan fingerprint density at radius 2 is 2.19 bits per heavy atom. The van der Waals surface area contributed by atoms with Gasteiger partial charge in [0.1, 0.15) is 11.5 Å². The summed E-state index contributed by atoms with van der Waals surface area (Å²) in [5.41, 5.74) is 1.11. The minimum atomic E-state index is 0.203. The first-order chi connectivity index (χ1) is 7.85. The predicted molar refractivity (Wildman–Crippen MR) is 61.1 cm³/mol. The molecule has 4 nitrogen and oxygen atoms in total. The molecule has 0 radical (unpaired) electrons. The van der Waals surface area contributed by atoms with E-state index < -0.39 is 0 Å². The van der Waals surface area contributed by atoms with Crippen LogP contribution in [0.15, 0.2) is 18.2 Å². The Balaban J connectivity index is 2.24. The molecule has 1 aromatic rings. The van der Waals surface area contributed by atoms with Crippen molar-refractivity contribution in [1.29, 1.82) is 0 Å². The molecule has 1 saturated heterocycles. The van der Waals surface area contributed by atoms with Gasteiger partial charge in [0.2, 0.25) is 0 Å². The molecule has 1 heterocycles. The van der Waals surface area contributed by atoms with Crippen molar-refractivity contribution in [3.05, 3.63) is 23.8 Å². The van der Waals surface area contributed by atoms with E-state index in [1.54, 1.807) is 14.2 Å². The zero-order valence-corrected chi connectivity index (χ0v) is 9.66. The number of nitrogens with one attached hydrogen (secondary N) is 1. The molecule has 1 aliphatic heterocycles. The Morgan fingerprint density at radius 1 is 1.31 bits per heavy atom. The van der Waals surface area contributed by atoms with E-state index in [9.17, 15) is 0 Å². The average molecular weight is 223 g/mol. The molecule has 0 aliphatic carbocycles. The van der Waals surface area contributed by atoms with Gasteiger partial charge in [0.15, 0.2) is 0 Å². The molecule has 0 unspecified atom stereocenters. The molecule has 16 heavy (non-hydrogen) atoms. The molecule has 1 N–H and O–H groups in total. The first kappa shape index (κ1) is 11.2. The van der Waals surface area contributed by atoms with Gasteiger partial charge >= 0.3 is 0 Å². The summed E-state index contributed by atoms with van der Waals surface area (Å²) >= 11 is 0. The van der Waals surface area contributed by atoms with Crippen LogP contribution in [-0.4, -0.2) is 34.0 Å². The third-order valence-electron chi connectivity index (χ3n) is 2.74. The van der Waals surface area contributed by atoms with E-state index in [0.29, 0.717) is 6.61 Å². The quantitative estimate of drug-likeness (QED) is 0.840. The second-order valence-electron chi connectivity index (χ2n) is 3.69. The van der Waals surface area contributed by atoms with Crippen LogP contribution in [-0.2, 0) is 4.74 Å². The predicted octanol–water partition coefficient (Wildman–Crippen LogP) is 1.36. The molecule has 4 heteroatoms. The van der Waals surface area contributed by atoms with Gasteiger partial charge in [-0.2, -0.15) is 0 Å². The number of morpholine rings is 1. The lowest BCUT2D eigenvalue weighted by molar-refractivity contribution is 0.0760. The van der Waals surface area contributed by atoms with Crippen molar-refractivity contribution < 1.29 is 14.2 Å². The number of hydrogen-bond donors (Lipinski definition) is 1. The lowest BCUT2D eigenvalue weighted by Gasteiger charge is -2.25. The maximum absolute atomic E-state index is 5.44. The van der Waals surface area contributed by atoms with Gasteiger partial charge in [-0.05, 0) is 12.1 Å². The largest absolute Gasteiger partial charge is 0.497 e. The Labute approximate surface area is 95.5 Å². The van der Waals surface area contributed by atoms with Crippen molar-refractivity contribution in [3.8, 4) is 11.5 Å². The van der Waals surface area contributed by atoms with Crippen LogP contribution in [0.5, 0.6) is 11.5 Å². The van der Waals surface area contributed by atoms with Crippen LogP contribution in [0.4, 0.5) is 0 Å². The van der Waals surface area contributed by atoms with E-state index in [-0.39, 0.29) is 6.04 Å². The second-order valence-corrected chi connectivity index (χ2v) is 3.69. The summed E-state index contributed by atoms with van der Waals surface area (Å²) < 4.78 is 16.0. The second kappa shape index (κ2) is 5.18. The van der Waals surface area contributed by atoms with Crippen molar-refractivity contribution in [3.63, 3.8) is 0 Å². The summed E-state index contributed by atoms with van der Waals surface area (Å²) in [6.07, 6.45) is 0. The highest BCUT2D eigenvalue weighted by atomic mass is 16.5. The first-order valence-corrected chi connectivity index (χ1v) is 5.38. The molecular weight excluding hydrogens is 206 g/mol. The highest BCUT2D eigenvalue weighted by molar-refractivity contribution is 5.42. The first-order valence-electron chi connectivity index (χ1n) is 5.38. The summed E-state index contributed by atoms with van der Waals surface area (Å²) in [4.78, 5) is 0. The summed E-state index contributed by atoms with van der Waals surface area (Å²) in [7, 11) is 3.32. The lowest BCUT2D eigenvalue weighted by atomic mass is 10.1. The zero-order chi connectivity index (χ0) is 11.4. The monoisotopic (exact) mass is 223 g/mol. The number of rotatable bonds is 3. The molecule has 2 rings (SSSR count). The smallest absolute Gasteiger partial charge is 0.127 e. The summed E-state index contributed by atoms with van der Waals surface area (Å²) in [6.45, 7) is 2.33. The Kier molecular flexibility index (Phi) is 3.64. The number of hydrogen-bond acceptors (Lipinski definition) is 4. The third-order valence-corrected chi connectivity index (χ3v) is 2.74. The molecule has 0 aromatic heterocycles. The molecule has 1 aromatic carbocycles. The molecule has 88 valence electrons. The van der Waals surface area contributed by atoms with Gasteiger partial charge in [-0.25, -0.2) is 0 Å². The van der Waals surface area contributed by atoms with Crippen molar-refractivity contribution in [1.82, 2.24) is 5.32 Å². The minimum Gasteiger partial charge on any atom is -0.497 e. The Morgan fingerprint density at radius 3 is 2.81 bits per heavy atom. The van der Waals surface area contributed by atoms with E-state index >= 15 is 0 Å². The normalized spacial score (nSPS) is 20.5. The van der Waals surface area contributed by atoms with E-state index in [1.807, 2.05) is 18.2 Å². The number of benzene rings is 1. The summed E-state index contributed by atoms with van der Waals surface area (Å²) in [5.74, 6) is 1.64. The summed E-state index contributed by atoms with van der Waals surface area (Å²) in [6, 6.07) is 6.05. The van der Waals surface area contributed by atoms with Crippen LogP contribution >= 0.6 is 0 Å². The van der Waals surface area contributed by atoms with Gasteiger partial charge < -0.3 is 19.5 Å². The SMILES string of the molecule is COc1ccc([C@@H]2COCCN2)c(OC)c1. The highest BCUT2D eigenvalue weighted by Gasteiger charge is 2.19. The molecule has 0 bridgehead atoms. The van der Waals surface area contributed by atoms with Crippen molar-refractivity contribution >= 4 is 0 Å². The minimum absolute atomic E-state index is 0.203. The van der Waals surface area contributed by atoms with Crippen molar-refractivity contribution in [2.45, 2.75) is 6.04 Å². The van der Waals surface area contributed by atoms with Gasteiger partial charge in [0, 0.05) is 18.2 Å². The molecule has 0 spiro atoms. The van der Waals surface area contributed by atoms with Crippen LogP contribution in [0.25, 0.3) is 0 Å². The highest BCUT2D eigenvalue weighted by Crippen LogP contribution is 2.30. The molecule has 0 amide bonds. The molecule has 0 saturated carbocycles. The van der Waals surface area contributed by atoms with Gasteiger partial charge in [-0.1, -0.05) is 0 Å². The Hall–Kier alpha value is -1.26. The van der Waals surface area contributed by atoms with Crippen LogP contribution in [0.3, 0.4) is 0 Å². The molecular formula is C12H17NO3. The lowest BCUT2D eigenvalue weighted by Crippen LogP contribution is -2.34. The van der Waals surface area contributed by atoms with E-state index in [1.165, 1.54) is 0 Å². The fourth-order valence-corrected chi connectivity index (χ4v) is 1.87. The van der Waals surface area contributed by atoms with Gasteiger partial charge in [-0.3, -0.25) is 0 Å². The average Bonchev–Trinajstić information content (AvgIpc) is 2.39. The van der Waals surface area contributed by atoms with Crippen LogP contribution in [0.2, 0.25) is 0 Å². The van der Waals surface area contributed by atoms with E-state index in [2.05, 4.69) is 5.32 Å². The standard InChI is InChI=1S/C12H17NO3/c1-14-9-3-4-10(12(7-9)15-2)11-8-16-6-5-13-11/h3-4,7,11,13H,5-6,8H2,1-2H3/t11-/m0/s1. The van der Waals surface area contributed by atoms with Gasteiger partial charge in [-0.15, -0.1) is 0 Å². The van der Waals surface area contributed by atoms with Crippen LogP contribution in [0, 0.1) is 0 Å². The topological polar surface area (TPSA) is 39.7 Å². The van der Waals surface area contributed by atoms with Gasteiger partial charge in [0.25, 0.3) is 0 Å². The van der Waals surface area contributed by atoms with Crippen LogP contribution < -0.4 is 14.8 Å². The third kappa shape index (κ3) is 2.28. The van der Waals surface area contributed by atoms with Gasteiger partial charge in [0.05, 0.1) is 33.5 Å². The maximum Gasteiger partial charge on any atom is 0.127 e. The number of ether oxygens (including phenoxy) is 3. The zero-order valence-electron chi connectivity index (χ0n) is 9.66. The van der Waals surface area contributed by atoms with Crippen molar-refractivity contribution in [2.75, 3.05) is 34.0 Å². The van der Waals surface area contributed by atoms with Crippen molar-refractivity contribution in [2.24, 2.45) is 0 Å². The molecule has 1 aliphatic rings. The van der Waals surface area contributed by atoms with Crippen LogP contribution in [0.1, 0.15) is 11.6 Å². The van der Waals surface area contributed by atoms with E-state index in [0.717, 1.165) is 30.2 Å². The summed E-state index contributed by atoms with van der Waals surface area (Å²) in [5, 5.41) is 3.40. The molecule has 1 atom stereocenters. The molecule has 1 fully saturated rings.